The number of fused-ring (bicyclic) bond motifs is 1. The van der Waals surface area contributed by atoms with Crippen LogP contribution >= 0.6 is 0 Å². The highest BCUT2D eigenvalue weighted by Crippen LogP contribution is 2.34. The number of carboxylic acid groups (broad SMARTS) is 1. The molecule has 0 fully saturated rings. The number of methoxy groups -OCH3 is 1. The number of rotatable bonds is 6. The van der Waals surface area contributed by atoms with Crippen molar-refractivity contribution in [2.45, 2.75) is 32.2 Å². The van der Waals surface area contributed by atoms with Crippen molar-refractivity contribution in [3.63, 3.8) is 0 Å². The highest BCUT2D eigenvalue weighted by molar-refractivity contribution is 5.99. The average Bonchev–Trinajstić information content (AvgIpc) is 3.33. The van der Waals surface area contributed by atoms with Gasteiger partial charge in [-0.25, -0.2) is 9.18 Å². The van der Waals surface area contributed by atoms with Gasteiger partial charge in [-0.1, -0.05) is 5.16 Å². The summed E-state index contributed by atoms with van der Waals surface area (Å²) in [4.78, 5) is 13.7. The third-order valence-electron chi connectivity index (χ3n) is 5.19. The summed E-state index contributed by atoms with van der Waals surface area (Å²) in [7, 11) is 3.08. The third kappa shape index (κ3) is 3.43. The Hall–Kier alpha value is -3.36. The minimum absolute atomic E-state index is 0.00621. The second-order valence-electron chi connectivity index (χ2n) is 7.06. The first kappa shape index (κ1) is 19.0. The summed E-state index contributed by atoms with van der Waals surface area (Å²) < 4.78 is 24.1. The summed E-state index contributed by atoms with van der Waals surface area (Å²) in [6.07, 6.45) is 4.19. The van der Waals surface area contributed by atoms with Gasteiger partial charge >= 0.3 is 5.97 Å². The Morgan fingerprint density at radius 3 is 2.93 bits per heavy atom. The van der Waals surface area contributed by atoms with Crippen LogP contribution in [0, 0.1) is 5.82 Å². The van der Waals surface area contributed by atoms with Gasteiger partial charge in [-0.3, -0.25) is 5.10 Å². The molecule has 2 N–H and O–H groups in total. The van der Waals surface area contributed by atoms with Gasteiger partial charge in [-0.15, -0.1) is 0 Å². The number of aromatic carboxylic acids is 1. The molecule has 0 aliphatic heterocycles. The largest absolute Gasteiger partial charge is 0.494 e. The molecule has 0 spiro atoms. The van der Waals surface area contributed by atoms with Crippen LogP contribution in [-0.4, -0.2) is 40.6 Å². The van der Waals surface area contributed by atoms with Crippen molar-refractivity contribution in [3.8, 4) is 17.1 Å². The summed E-state index contributed by atoms with van der Waals surface area (Å²) in [6.45, 7) is 0.394. The maximum atomic E-state index is 13.7. The summed E-state index contributed by atoms with van der Waals surface area (Å²) in [5, 5.41) is 21.3. The van der Waals surface area contributed by atoms with E-state index in [4.69, 9.17) is 9.26 Å². The molecular weight excluding hydrogens is 379 g/mol. The Bertz CT molecular complexity index is 1060. The number of nitrogens with zero attached hydrogens (tertiary/aromatic N) is 3. The second kappa shape index (κ2) is 7.57. The molecule has 4 rings (SSSR count). The predicted octanol–water partition coefficient (Wildman–Crippen LogP) is 3.43. The maximum absolute atomic E-state index is 13.7. The summed E-state index contributed by atoms with van der Waals surface area (Å²) in [5.74, 6) is -1.51. The van der Waals surface area contributed by atoms with Crippen molar-refractivity contribution in [1.82, 2.24) is 15.4 Å². The number of benzene rings is 1. The van der Waals surface area contributed by atoms with Crippen LogP contribution < -0.4 is 9.64 Å². The molecule has 29 heavy (non-hydrogen) atoms. The SMILES string of the molecule is COc1cc(-c2onc(N(C)Cc3n[nH]c4c3CCCC4)c2C(=O)O)ccc1F. The molecule has 2 aromatic heterocycles. The first-order valence-corrected chi connectivity index (χ1v) is 9.32. The lowest BCUT2D eigenvalue weighted by Gasteiger charge is -2.17. The standard InChI is InChI=1S/C20H21FN4O4/c1-25(10-15-12-5-3-4-6-14(12)22-23-15)19-17(20(26)27)18(29-24-19)11-7-8-13(21)16(9-11)28-2/h7-9H,3-6,10H2,1-2H3,(H,22,23)(H,26,27). The van der Waals surface area contributed by atoms with E-state index >= 15 is 0 Å². The van der Waals surface area contributed by atoms with E-state index in [9.17, 15) is 14.3 Å². The van der Waals surface area contributed by atoms with Crippen molar-refractivity contribution < 1.29 is 23.6 Å². The van der Waals surface area contributed by atoms with Crippen LogP contribution in [0.15, 0.2) is 22.7 Å². The molecule has 0 saturated heterocycles. The van der Waals surface area contributed by atoms with Crippen molar-refractivity contribution in [3.05, 3.63) is 46.5 Å². The summed E-state index contributed by atoms with van der Waals surface area (Å²) in [6, 6.07) is 4.01. The van der Waals surface area contributed by atoms with Crippen LogP contribution in [0.25, 0.3) is 11.3 Å². The number of halogens is 1. The molecule has 0 radical (unpaired) electrons. The fourth-order valence-corrected chi connectivity index (χ4v) is 3.71. The molecule has 0 saturated carbocycles. The number of carbonyl (C=O) groups is 1. The summed E-state index contributed by atoms with van der Waals surface area (Å²) in [5.41, 5.74) is 3.51. The second-order valence-corrected chi connectivity index (χ2v) is 7.06. The monoisotopic (exact) mass is 400 g/mol. The number of ether oxygens (including phenoxy) is 1. The van der Waals surface area contributed by atoms with Gasteiger partial charge in [-0.2, -0.15) is 5.10 Å². The van der Waals surface area contributed by atoms with Crippen molar-refractivity contribution in [2.75, 3.05) is 19.1 Å². The highest BCUT2D eigenvalue weighted by Gasteiger charge is 2.28. The number of carboxylic acids is 1. The van der Waals surface area contributed by atoms with Crippen molar-refractivity contribution in [2.24, 2.45) is 0 Å². The number of H-pyrrole nitrogens is 1. The average molecular weight is 400 g/mol. The molecule has 0 bridgehead atoms. The molecule has 2 heterocycles. The van der Waals surface area contributed by atoms with E-state index in [0.29, 0.717) is 12.1 Å². The minimum atomic E-state index is -1.18. The maximum Gasteiger partial charge on any atom is 0.343 e. The lowest BCUT2D eigenvalue weighted by molar-refractivity contribution is 0.0698. The Morgan fingerprint density at radius 1 is 1.38 bits per heavy atom. The number of aryl methyl sites for hydroxylation is 1. The summed E-state index contributed by atoms with van der Waals surface area (Å²) >= 11 is 0. The molecule has 0 unspecified atom stereocenters. The normalized spacial score (nSPS) is 13.2. The van der Waals surface area contributed by atoms with E-state index in [1.807, 2.05) is 0 Å². The number of anilines is 1. The molecule has 1 aliphatic carbocycles. The Balaban J connectivity index is 1.68. The fourth-order valence-electron chi connectivity index (χ4n) is 3.71. The van der Waals surface area contributed by atoms with E-state index < -0.39 is 11.8 Å². The zero-order valence-electron chi connectivity index (χ0n) is 16.2. The van der Waals surface area contributed by atoms with Crippen LogP contribution in [0.2, 0.25) is 0 Å². The van der Waals surface area contributed by atoms with Gasteiger partial charge in [0.15, 0.2) is 28.7 Å². The zero-order valence-corrected chi connectivity index (χ0v) is 16.2. The number of hydrogen-bond donors (Lipinski definition) is 2. The number of aromatic amines is 1. The molecule has 9 heteroatoms. The van der Waals surface area contributed by atoms with Gasteiger partial charge in [0.05, 0.1) is 19.3 Å². The van der Waals surface area contributed by atoms with Gasteiger partial charge in [0, 0.05) is 18.3 Å². The van der Waals surface area contributed by atoms with E-state index in [1.165, 1.54) is 30.9 Å². The molecule has 3 aromatic rings. The molecule has 152 valence electrons. The first-order valence-electron chi connectivity index (χ1n) is 9.32. The Kier molecular flexibility index (Phi) is 4.96. The van der Waals surface area contributed by atoms with E-state index in [0.717, 1.165) is 37.1 Å². The highest BCUT2D eigenvalue weighted by atomic mass is 19.1. The molecule has 0 atom stereocenters. The smallest absolute Gasteiger partial charge is 0.343 e. The van der Waals surface area contributed by atoms with Crippen LogP contribution in [-0.2, 0) is 19.4 Å². The van der Waals surface area contributed by atoms with Crippen molar-refractivity contribution in [1.29, 1.82) is 0 Å². The van der Waals surface area contributed by atoms with Gasteiger partial charge in [0.25, 0.3) is 0 Å². The predicted molar refractivity (Wildman–Crippen MR) is 103 cm³/mol. The topological polar surface area (TPSA) is 104 Å². The number of hydrogen-bond acceptors (Lipinski definition) is 6. The number of aromatic nitrogens is 3. The molecule has 1 aromatic carbocycles. The zero-order chi connectivity index (χ0) is 20.5. The number of nitrogens with one attached hydrogen (secondary N) is 1. The Labute approximate surface area is 166 Å². The lowest BCUT2D eigenvalue weighted by atomic mass is 9.96. The Morgan fingerprint density at radius 2 is 2.17 bits per heavy atom. The van der Waals surface area contributed by atoms with E-state index in [2.05, 4.69) is 15.4 Å². The molecule has 8 nitrogen and oxygen atoms in total. The molecular formula is C20H21FN4O4. The van der Waals surface area contributed by atoms with Crippen LogP contribution in [0.5, 0.6) is 5.75 Å². The van der Waals surface area contributed by atoms with Crippen LogP contribution in [0.4, 0.5) is 10.2 Å². The van der Waals surface area contributed by atoms with E-state index in [1.54, 1.807) is 11.9 Å². The third-order valence-corrected chi connectivity index (χ3v) is 5.19. The lowest BCUT2D eigenvalue weighted by Crippen LogP contribution is -2.21. The minimum Gasteiger partial charge on any atom is -0.494 e. The van der Waals surface area contributed by atoms with Crippen LogP contribution in [0.3, 0.4) is 0 Å². The molecule has 0 amide bonds. The van der Waals surface area contributed by atoms with Crippen LogP contribution in [0.1, 0.15) is 40.2 Å². The van der Waals surface area contributed by atoms with E-state index in [-0.39, 0.29) is 22.9 Å². The fraction of sp³-hybridized carbons (Fsp3) is 0.350. The molecule has 1 aliphatic rings. The van der Waals surface area contributed by atoms with Gasteiger partial charge in [0.1, 0.15) is 0 Å². The van der Waals surface area contributed by atoms with Crippen molar-refractivity contribution >= 4 is 11.8 Å². The quantitative estimate of drug-likeness (QED) is 0.653. The van der Waals surface area contributed by atoms with Gasteiger partial charge < -0.3 is 19.3 Å². The first-order chi connectivity index (χ1) is 14.0. The van der Waals surface area contributed by atoms with Gasteiger partial charge in [-0.05, 0) is 49.4 Å². The van der Waals surface area contributed by atoms with Gasteiger partial charge in [0.2, 0.25) is 0 Å².